The number of nitrogen functional groups attached to an aromatic ring is 1. The molecule has 2 rings (SSSR count). The number of hydrogen-bond donors (Lipinski definition) is 2. The van der Waals surface area contributed by atoms with Crippen LogP contribution in [-0.4, -0.2) is 16.1 Å². The van der Waals surface area contributed by atoms with E-state index in [0.717, 1.165) is 18.5 Å². The summed E-state index contributed by atoms with van der Waals surface area (Å²) in [4.78, 5) is 20.3. The highest BCUT2D eigenvalue weighted by Crippen LogP contribution is 2.15. The van der Waals surface area contributed by atoms with Crippen molar-refractivity contribution in [3.8, 4) is 0 Å². The van der Waals surface area contributed by atoms with Gasteiger partial charge in [-0.05, 0) is 6.92 Å². The highest BCUT2D eigenvalue weighted by molar-refractivity contribution is 5.35. The summed E-state index contributed by atoms with van der Waals surface area (Å²) in [6.07, 6.45) is 2.15. The first kappa shape index (κ1) is 9.17. The molecule has 0 radical (unpaired) electrons. The maximum absolute atomic E-state index is 11.4. The molecule has 1 aliphatic heterocycles. The summed E-state index contributed by atoms with van der Waals surface area (Å²) >= 11 is 0. The summed E-state index contributed by atoms with van der Waals surface area (Å²) in [6, 6.07) is 0. The highest BCUT2D eigenvalue weighted by Gasteiger charge is 2.19. The van der Waals surface area contributed by atoms with E-state index in [0.29, 0.717) is 0 Å². The average Bonchev–Trinajstić information content (AvgIpc) is 2.64. The molecule has 6 heteroatoms. The summed E-state index contributed by atoms with van der Waals surface area (Å²) in [5, 5.41) is 0. The van der Waals surface area contributed by atoms with Crippen molar-refractivity contribution in [3.63, 3.8) is 0 Å². The van der Waals surface area contributed by atoms with Crippen LogP contribution in [0.2, 0.25) is 0 Å². The number of nitrogens with zero attached hydrogens (tertiary/aromatic N) is 2. The third-order valence-corrected chi connectivity index (χ3v) is 2.20. The van der Waals surface area contributed by atoms with Crippen LogP contribution in [0.4, 0.5) is 5.82 Å². The standard InChI is InChI=1S/C8H12N4O2/c1-5-4-12(6-2-3-10-14-6)8(13)11-7(5)9/h4,6,10H,2-3H2,1H3,(H2,9,11,13)/t6-/m1/s1. The first-order valence-corrected chi connectivity index (χ1v) is 4.42. The van der Waals surface area contributed by atoms with Gasteiger partial charge >= 0.3 is 5.69 Å². The third kappa shape index (κ3) is 1.49. The Bertz CT molecular complexity index is 395. The Kier molecular flexibility index (Phi) is 2.22. The van der Waals surface area contributed by atoms with Gasteiger partial charge in [-0.15, -0.1) is 0 Å². The van der Waals surface area contributed by atoms with Gasteiger partial charge in [0.2, 0.25) is 0 Å². The highest BCUT2D eigenvalue weighted by atomic mass is 16.7. The molecule has 14 heavy (non-hydrogen) atoms. The molecule has 0 saturated carbocycles. The van der Waals surface area contributed by atoms with Crippen molar-refractivity contribution in [1.82, 2.24) is 15.0 Å². The molecule has 1 saturated heterocycles. The Morgan fingerprint density at radius 3 is 3.21 bits per heavy atom. The zero-order chi connectivity index (χ0) is 10.1. The predicted octanol–water partition coefficient (Wildman–Crippen LogP) is -0.443. The zero-order valence-electron chi connectivity index (χ0n) is 7.86. The molecule has 1 aromatic heterocycles. The monoisotopic (exact) mass is 196 g/mol. The van der Waals surface area contributed by atoms with Crippen LogP contribution < -0.4 is 16.9 Å². The van der Waals surface area contributed by atoms with Gasteiger partial charge < -0.3 is 5.73 Å². The third-order valence-electron chi connectivity index (χ3n) is 2.20. The molecule has 0 bridgehead atoms. The molecule has 0 aliphatic carbocycles. The Morgan fingerprint density at radius 2 is 2.57 bits per heavy atom. The molecule has 2 heterocycles. The molecule has 1 atom stereocenters. The maximum Gasteiger partial charge on any atom is 0.351 e. The van der Waals surface area contributed by atoms with Crippen molar-refractivity contribution in [2.45, 2.75) is 19.6 Å². The molecular formula is C8H12N4O2. The minimum Gasteiger partial charge on any atom is -0.383 e. The number of nitrogens with one attached hydrogen (secondary N) is 1. The molecule has 1 fully saturated rings. The van der Waals surface area contributed by atoms with Crippen molar-refractivity contribution in [1.29, 1.82) is 0 Å². The fourth-order valence-electron chi connectivity index (χ4n) is 1.38. The summed E-state index contributed by atoms with van der Waals surface area (Å²) in [5.74, 6) is 0.275. The fourth-order valence-corrected chi connectivity index (χ4v) is 1.38. The summed E-state index contributed by atoms with van der Waals surface area (Å²) < 4.78 is 1.45. The van der Waals surface area contributed by atoms with Crippen LogP contribution in [0.3, 0.4) is 0 Å². The van der Waals surface area contributed by atoms with Gasteiger partial charge in [0.25, 0.3) is 0 Å². The number of rotatable bonds is 1. The molecule has 1 aliphatic rings. The van der Waals surface area contributed by atoms with E-state index in [1.54, 1.807) is 13.1 Å². The van der Waals surface area contributed by atoms with Crippen LogP contribution in [0.25, 0.3) is 0 Å². The van der Waals surface area contributed by atoms with Gasteiger partial charge in [-0.25, -0.2) is 4.79 Å². The van der Waals surface area contributed by atoms with Gasteiger partial charge in [0.1, 0.15) is 5.82 Å². The van der Waals surface area contributed by atoms with Crippen molar-refractivity contribution in [2.24, 2.45) is 0 Å². The van der Waals surface area contributed by atoms with E-state index in [1.807, 2.05) is 0 Å². The number of aryl methyl sites for hydroxylation is 1. The number of hydroxylamine groups is 1. The SMILES string of the molecule is Cc1cn([C@H]2CCNO2)c(=O)nc1N. The molecule has 0 amide bonds. The van der Waals surface area contributed by atoms with Crippen LogP contribution in [0.1, 0.15) is 18.2 Å². The first-order chi connectivity index (χ1) is 6.68. The number of anilines is 1. The molecule has 0 unspecified atom stereocenters. The minimum absolute atomic E-state index is 0.269. The second-order valence-electron chi connectivity index (χ2n) is 3.25. The Labute approximate surface area is 80.7 Å². The molecule has 6 nitrogen and oxygen atoms in total. The summed E-state index contributed by atoms with van der Waals surface area (Å²) in [5.41, 5.74) is 8.63. The molecular weight excluding hydrogens is 184 g/mol. The maximum atomic E-state index is 11.4. The van der Waals surface area contributed by atoms with E-state index in [2.05, 4.69) is 10.5 Å². The van der Waals surface area contributed by atoms with Crippen molar-refractivity contribution < 1.29 is 4.84 Å². The lowest BCUT2D eigenvalue weighted by Crippen LogP contribution is -2.28. The second kappa shape index (κ2) is 3.39. The van der Waals surface area contributed by atoms with Crippen LogP contribution in [-0.2, 0) is 4.84 Å². The Hall–Kier alpha value is -1.40. The van der Waals surface area contributed by atoms with Gasteiger partial charge in [0.05, 0.1) is 0 Å². The summed E-state index contributed by atoms with van der Waals surface area (Å²) in [6.45, 7) is 2.54. The van der Waals surface area contributed by atoms with Crippen molar-refractivity contribution in [3.05, 3.63) is 22.2 Å². The molecule has 76 valence electrons. The fraction of sp³-hybridized carbons (Fsp3) is 0.500. The topological polar surface area (TPSA) is 82.2 Å². The quantitative estimate of drug-likeness (QED) is 0.636. The minimum atomic E-state index is -0.373. The van der Waals surface area contributed by atoms with E-state index >= 15 is 0 Å². The lowest BCUT2D eigenvalue weighted by molar-refractivity contribution is -0.0120. The lowest BCUT2D eigenvalue weighted by atomic mass is 10.3. The zero-order valence-corrected chi connectivity index (χ0v) is 7.86. The molecule has 3 N–H and O–H groups in total. The largest absolute Gasteiger partial charge is 0.383 e. The van der Waals surface area contributed by atoms with Crippen LogP contribution in [0, 0.1) is 6.92 Å². The van der Waals surface area contributed by atoms with E-state index in [-0.39, 0.29) is 17.7 Å². The van der Waals surface area contributed by atoms with Gasteiger partial charge in [-0.2, -0.15) is 10.5 Å². The van der Waals surface area contributed by atoms with E-state index in [1.165, 1.54) is 4.57 Å². The first-order valence-electron chi connectivity index (χ1n) is 4.42. The van der Waals surface area contributed by atoms with E-state index < -0.39 is 0 Å². The predicted molar refractivity (Wildman–Crippen MR) is 50.4 cm³/mol. The Balaban J connectivity index is 2.42. The smallest absolute Gasteiger partial charge is 0.351 e. The van der Waals surface area contributed by atoms with Crippen LogP contribution >= 0.6 is 0 Å². The van der Waals surface area contributed by atoms with Gasteiger partial charge in [0, 0.05) is 24.7 Å². The normalized spacial score (nSPS) is 21.4. The summed E-state index contributed by atoms with van der Waals surface area (Å²) in [7, 11) is 0. The lowest BCUT2D eigenvalue weighted by Gasteiger charge is -2.12. The van der Waals surface area contributed by atoms with Crippen LogP contribution in [0.5, 0.6) is 0 Å². The number of hydrogen-bond acceptors (Lipinski definition) is 5. The molecule has 0 aromatic carbocycles. The van der Waals surface area contributed by atoms with Gasteiger partial charge in [0.15, 0.2) is 6.23 Å². The van der Waals surface area contributed by atoms with Gasteiger partial charge in [-0.3, -0.25) is 9.40 Å². The number of nitrogens with two attached hydrogens (primary N) is 1. The average molecular weight is 196 g/mol. The van der Waals surface area contributed by atoms with E-state index in [4.69, 9.17) is 10.6 Å². The van der Waals surface area contributed by atoms with Gasteiger partial charge in [-0.1, -0.05) is 0 Å². The second-order valence-corrected chi connectivity index (χ2v) is 3.25. The van der Waals surface area contributed by atoms with Crippen molar-refractivity contribution >= 4 is 5.82 Å². The van der Waals surface area contributed by atoms with Crippen LogP contribution in [0.15, 0.2) is 11.0 Å². The molecule has 1 aromatic rings. The van der Waals surface area contributed by atoms with E-state index in [9.17, 15) is 4.79 Å². The van der Waals surface area contributed by atoms with Crippen molar-refractivity contribution in [2.75, 3.05) is 12.3 Å². The molecule has 0 spiro atoms. The Morgan fingerprint density at radius 1 is 1.79 bits per heavy atom. The number of aromatic nitrogens is 2.